The van der Waals surface area contributed by atoms with Crippen LogP contribution in [0.15, 0.2) is 42.5 Å². The summed E-state index contributed by atoms with van der Waals surface area (Å²) in [4.78, 5) is 37.5. The Bertz CT molecular complexity index is 826. The predicted octanol–water partition coefficient (Wildman–Crippen LogP) is 3.77. The molecule has 1 heterocycles. The molecule has 0 bridgehead atoms. The smallest absolute Gasteiger partial charge is 0.310 e. The number of benzene rings is 2. The summed E-state index contributed by atoms with van der Waals surface area (Å²) in [6.07, 6.45) is 0.318. The maximum absolute atomic E-state index is 12.2. The Morgan fingerprint density at radius 2 is 1.50 bits per heavy atom. The topological polar surface area (TPSA) is 63.7 Å². The van der Waals surface area contributed by atoms with Crippen molar-refractivity contribution < 1.29 is 19.1 Å². The standard InChI is InChI=1S/C19H15Cl2NO4/c20-15-7-3-8-16(21)14(15)11-17(23)26-10-4-9-22-18(24)12-5-1-2-6-13(12)19(22)25/h1-3,5-8H,4,9-11H2. The number of carbonyl (C=O) groups is 3. The van der Waals surface area contributed by atoms with E-state index in [1.807, 2.05) is 0 Å². The largest absolute Gasteiger partial charge is 0.465 e. The zero-order valence-corrected chi connectivity index (χ0v) is 15.2. The molecule has 1 aliphatic rings. The Kier molecular flexibility index (Phi) is 5.59. The van der Waals surface area contributed by atoms with Crippen LogP contribution < -0.4 is 0 Å². The van der Waals surface area contributed by atoms with Crippen LogP contribution in [0.1, 0.15) is 32.7 Å². The zero-order valence-electron chi connectivity index (χ0n) is 13.7. The highest BCUT2D eigenvalue weighted by molar-refractivity contribution is 6.36. The van der Waals surface area contributed by atoms with Crippen LogP contribution in [0.5, 0.6) is 0 Å². The van der Waals surface area contributed by atoms with Crippen molar-refractivity contribution in [1.82, 2.24) is 4.90 Å². The van der Waals surface area contributed by atoms with Crippen molar-refractivity contribution in [1.29, 1.82) is 0 Å². The van der Waals surface area contributed by atoms with E-state index in [1.54, 1.807) is 42.5 Å². The van der Waals surface area contributed by atoms with Crippen LogP contribution in [0.3, 0.4) is 0 Å². The number of fused-ring (bicyclic) bond motifs is 1. The molecule has 7 heteroatoms. The summed E-state index contributed by atoms with van der Waals surface area (Å²) in [6, 6.07) is 11.7. The summed E-state index contributed by atoms with van der Waals surface area (Å²) in [7, 11) is 0. The SMILES string of the molecule is O=C(Cc1c(Cl)cccc1Cl)OCCCN1C(=O)c2ccccc2C1=O. The summed E-state index contributed by atoms with van der Waals surface area (Å²) < 4.78 is 5.16. The van der Waals surface area contributed by atoms with E-state index in [0.29, 0.717) is 33.2 Å². The quantitative estimate of drug-likeness (QED) is 0.427. The van der Waals surface area contributed by atoms with Gasteiger partial charge in [-0.25, -0.2) is 0 Å². The highest BCUT2D eigenvalue weighted by Gasteiger charge is 2.34. The number of amides is 2. The molecule has 0 aliphatic carbocycles. The lowest BCUT2D eigenvalue weighted by atomic mass is 10.1. The molecular formula is C19H15Cl2NO4. The fraction of sp³-hybridized carbons (Fsp3) is 0.211. The van der Waals surface area contributed by atoms with Crippen molar-refractivity contribution in [2.75, 3.05) is 13.2 Å². The molecule has 1 aliphatic heterocycles. The predicted molar refractivity (Wildman–Crippen MR) is 97.6 cm³/mol. The summed E-state index contributed by atoms with van der Waals surface area (Å²) in [5, 5.41) is 0.806. The average molecular weight is 392 g/mol. The fourth-order valence-corrected chi connectivity index (χ4v) is 3.28. The van der Waals surface area contributed by atoms with Gasteiger partial charge in [0.05, 0.1) is 24.2 Å². The van der Waals surface area contributed by atoms with Gasteiger partial charge in [-0.05, 0) is 30.7 Å². The van der Waals surface area contributed by atoms with E-state index in [4.69, 9.17) is 27.9 Å². The summed E-state index contributed by atoms with van der Waals surface area (Å²) in [5.74, 6) is -1.11. The molecule has 134 valence electrons. The maximum atomic E-state index is 12.2. The van der Waals surface area contributed by atoms with Crippen LogP contribution >= 0.6 is 23.2 Å². The number of ether oxygens (including phenoxy) is 1. The minimum atomic E-state index is -0.470. The van der Waals surface area contributed by atoms with Gasteiger partial charge < -0.3 is 4.74 Å². The second kappa shape index (κ2) is 7.89. The molecule has 3 rings (SSSR count). The molecule has 5 nitrogen and oxygen atoms in total. The zero-order chi connectivity index (χ0) is 18.7. The Hall–Kier alpha value is -2.37. The molecule has 26 heavy (non-hydrogen) atoms. The second-order valence-electron chi connectivity index (χ2n) is 5.76. The Morgan fingerprint density at radius 3 is 2.08 bits per heavy atom. The number of carbonyl (C=O) groups excluding carboxylic acids is 3. The highest BCUT2D eigenvalue weighted by atomic mass is 35.5. The minimum absolute atomic E-state index is 0.0362. The molecule has 2 aromatic rings. The first-order chi connectivity index (χ1) is 12.5. The average Bonchev–Trinajstić information content (AvgIpc) is 2.87. The van der Waals surface area contributed by atoms with Crippen molar-refractivity contribution in [3.63, 3.8) is 0 Å². The van der Waals surface area contributed by atoms with E-state index in [2.05, 4.69) is 0 Å². The van der Waals surface area contributed by atoms with Gasteiger partial charge >= 0.3 is 5.97 Å². The van der Waals surface area contributed by atoms with E-state index in [0.717, 1.165) is 0 Å². The molecule has 0 N–H and O–H groups in total. The third-order valence-corrected chi connectivity index (χ3v) is 4.76. The third kappa shape index (κ3) is 3.74. The second-order valence-corrected chi connectivity index (χ2v) is 6.57. The Balaban J connectivity index is 1.48. The van der Waals surface area contributed by atoms with Gasteiger partial charge in [-0.3, -0.25) is 19.3 Å². The van der Waals surface area contributed by atoms with Gasteiger partial charge in [0.25, 0.3) is 11.8 Å². The van der Waals surface area contributed by atoms with Crippen molar-refractivity contribution in [2.24, 2.45) is 0 Å². The molecule has 0 aromatic heterocycles. The van der Waals surface area contributed by atoms with Crippen molar-refractivity contribution in [3.8, 4) is 0 Å². The number of esters is 1. The summed E-state index contributed by atoms with van der Waals surface area (Å²) in [5.41, 5.74) is 1.33. The van der Waals surface area contributed by atoms with Gasteiger partial charge in [0.2, 0.25) is 0 Å². The van der Waals surface area contributed by atoms with Gasteiger partial charge in [-0.15, -0.1) is 0 Å². The molecule has 2 amide bonds. The van der Waals surface area contributed by atoms with Crippen LogP contribution in [-0.4, -0.2) is 35.8 Å². The first-order valence-electron chi connectivity index (χ1n) is 8.03. The van der Waals surface area contributed by atoms with Crippen molar-refractivity contribution >= 4 is 41.0 Å². The fourth-order valence-electron chi connectivity index (χ4n) is 2.75. The van der Waals surface area contributed by atoms with E-state index >= 15 is 0 Å². The van der Waals surface area contributed by atoms with Crippen LogP contribution in [0.2, 0.25) is 10.0 Å². The molecule has 0 spiro atoms. The van der Waals surface area contributed by atoms with Gasteiger partial charge in [-0.2, -0.15) is 0 Å². The van der Waals surface area contributed by atoms with E-state index in [1.165, 1.54) is 4.90 Å². The maximum Gasteiger partial charge on any atom is 0.310 e. The molecule has 0 unspecified atom stereocenters. The van der Waals surface area contributed by atoms with Gasteiger partial charge in [0.1, 0.15) is 0 Å². The molecule has 0 saturated heterocycles. The summed E-state index contributed by atoms with van der Waals surface area (Å²) >= 11 is 12.0. The van der Waals surface area contributed by atoms with Crippen LogP contribution in [0.25, 0.3) is 0 Å². The number of halogens is 2. The number of nitrogens with zero attached hydrogens (tertiary/aromatic N) is 1. The lowest BCUT2D eigenvalue weighted by Crippen LogP contribution is -2.31. The van der Waals surface area contributed by atoms with E-state index < -0.39 is 5.97 Å². The Morgan fingerprint density at radius 1 is 0.923 bits per heavy atom. The monoisotopic (exact) mass is 391 g/mol. The van der Waals surface area contributed by atoms with Crippen molar-refractivity contribution in [2.45, 2.75) is 12.8 Å². The van der Waals surface area contributed by atoms with Crippen LogP contribution in [0, 0.1) is 0 Å². The van der Waals surface area contributed by atoms with Gasteiger partial charge in [0, 0.05) is 22.2 Å². The molecule has 0 fully saturated rings. The minimum Gasteiger partial charge on any atom is -0.465 e. The van der Waals surface area contributed by atoms with Crippen molar-refractivity contribution in [3.05, 3.63) is 69.2 Å². The molecule has 2 aromatic carbocycles. The number of rotatable bonds is 6. The molecular weight excluding hydrogens is 377 g/mol. The normalized spacial score (nSPS) is 13.1. The lowest BCUT2D eigenvalue weighted by molar-refractivity contribution is -0.142. The first kappa shape index (κ1) is 18.4. The number of imide groups is 1. The lowest BCUT2D eigenvalue weighted by Gasteiger charge is -2.13. The molecule has 0 saturated carbocycles. The third-order valence-electron chi connectivity index (χ3n) is 4.05. The Labute approximate surface area is 160 Å². The number of hydrogen-bond acceptors (Lipinski definition) is 4. The summed E-state index contributed by atoms with van der Waals surface area (Å²) in [6.45, 7) is 0.279. The van der Waals surface area contributed by atoms with Crippen LogP contribution in [0.4, 0.5) is 0 Å². The van der Waals surface area contributed by atoms with Gasteiger partial charge in [-0.1, -0.05) is 41.4 Å². The number of hydrogen-bond donors (Lipinski definition) is 0. The van der Waals surface area contributed by atoms with E-state index in [-0.39, 0.29) is 31.4 Å². The highest BCUT2D eigenvalue weighted by Crippen LogP contribution is 2.25. The first-order valence-corrected chi connectivity index (χ1v) is 8.78. The van der Waals surface area contributed by atoms with Crippen LogP contribution in [-0.2, 0) is 16.0 Å². The molecule has 0 radical (unpaired) electrons. The van der Waals surface area contributed by atoms with Gasteiger partial charge in [0.15, 0.2) is 0 Å². The molecule has 0 atom stereocenters. The van der Waals surface area contributed by atoms with E-state index in [9.17, 15) is 14.4 Å².